The summed E-state index contributed by atoms with van der Waals surface area (Å²) in [4.78, 5) is 28.2. The molecule has 20 heavy (non-hydrogen) atoms. The van der Waals surface area contributed by atoms with Gasteiger partial charge in [-0.25, -0.2) is 10.8 Å². The molecule has 2 heterocycles. The fourth-order valence-electron chi connectivity index (χ4n) is 2.12. The van der Waals surface area contributed by atoms with Gasteiger partial charge in [0.2, 0.25) is 5.91 Å². The zero-order chi connectivity index (χ0) is 14.9. The average Bonchev–Trinajstić information content (AvgIpc) is 2.41. The lowest BCUT2D eigenvalue weighted by molar-refractivity contribution is -0.384. The highest BCUT2D eigenvalue weighted by molar-refractivity contribution is 5.90. The van der Waals surface area contributed by atoms with Crippen molar-refractivity contribution >= 4 is 23.2 Å². The molecule has 9 heteroatoms. The van der Waals surface area contributed by atoms with Crippen LogP contribution >= 0.6 is 0 Å². The van der Waals surface area contributed by atoms with Crippen molar-refractivity contribution < 1.29 is 9.72 Å². The van der Waals surface area contributed by atoms with Gasteiger partial charge in [0.05, 0.1) is 17.1 Å². The zero-order valence-corrected chi connectivity index (χ0v) is 11.2. The van der Waals surface area contributed by atoms with Crippen molar-refractivity contribution in [2.24, 2.45) is 5.84 Å². The number of nitrogen functional groups attached to an aromatic ring is 1. The maximum atomic E-state index is 11.9. The predicted molar refractivity (Wildman–Crippen MR) is 73.1 cm³/mol. The number of aromatic nitrogens is 1. The van der Waals surface area contributed by atoms with Gasteiger partial charge in [0.15, 0.2) is 0 Å². The third-order valence-electron chi connectivity index (χ3n) is 3.28. The molecule has 9 nitrogen and oxygen atoms in total. The molecule has 1 aromatic heterocycles. The maximum Gasteiger partial charge on any atom is 0.276 e. The first kappa shape index (κ1) is 14.0. The van der Waals surface area contributed by atoms with E-state index in [9.17, 15) is 14.9 Å². The Morgan fingerprint density at radius 2 is 2.25 bits per heavy atom. The average molecular weight is 280 g/mol. The van der Waals surface area contributed by atoms with Crippen LogP contribution in [-0.4, -0.2) is 34.4 Å². The van der Waals surface area contributed by atoms with E-state index in [1.807, 2.05) is 0 Å². The molecule has 108 valence electrons. The molecule has 1 amide bonds. The van der Waals surface area contributed by atoms with Gasteiger partial charge >= 0.3 is 0 Å². The number of hydrazine groups is 1. The summed E-state index contributed by atoms with van der Waals surface area (Å²) in [6.45, 7) is 4.43. The van der Waals surface area contributed by atoms with Crippen LogP contribution in [-0.2, 0) is 4.79 Å². The summed E-state index contributed by atoms with van der Waals surface area (Å²) < 4.78 is 0. The number of carbonyl (C=O) groups is 1. The number of nitrogens with two attached hydrogens (primary N) is 1. The van der Waals surface area contributed by atoms with Crippen LogP contribution in [0.1, 0.15) is 13.8 Å². The number of pyridine rings is 1. The number of anilines is 2. The molecule has 2 rings (SSSR count). The van der Waals surface area contributed by atoms with Crippen LogP contribution in [0.25, 0.3) is 0 Å². The van der Waals surface area contributed by atoms with Crippen molar-refractivity contribution in [3.63, 3.8) is 0 Å². The van der Waals surface area contributed by atoms with Gasteiger partial charge in [-0.1, -0.05) is 0 Å². The van der Waals surface area contributed by atoms with E-state index in [-0.39, 0.29) is 17.4 Å². The van der Waals surface area contributed by atoms with E-state index >= 15 is 0 Å². The number of nitrogens with one attached hydrogen (secondary N) is 2. The first-order valence-electron chi connectivity index (χ1n) is 6.05. The van der Waals surface area contributed by atoms with Crippen molar-refractivity contribution in [2.45, 2.75) is 19.4 Å². The molecule has 1 fully saturated rings. The molecule has 0 aromatic carbocycles. The third kappa shape index (κ3) is 2.35. The monoisotopic (exact) mass is 280 g/mol. The number of nitro groups is 1. The third-order valence-corrected chi connectivity index (χ3v) is 3.28. The quantitative estimate of drug-likeness (QED) is 0.403. The van der Waals surface area contributed by atoms with Crippen LogP contribution in [0, 0.1) is 10.1 Å². The van der Waals surface area contributed by atoms with Gasteiger partial charge in [-0.05, 0) is 13.8 Å². The number of rotatable bonds is 3. The second-order valence-electron chi connectivity index (χ2n) is 4.94. The molecular weight excluding hydrogens is 264 g/mol. The van der Waals surface area contributed by atoms with Crippen molar-refractivity contribution in [1.29, 1.82) is 0 Å². The predicted octanol–water partition coefficient (Wildman–Crippen LogP) is -0.00980. The molecular formula is C11H16N6O3. The lowest BCUT2D eigenvalue weighted by atomic mass is 9.99. The van der Waals surface area contributed by atoms with E-state index in [1.54, 1.807) is 18.7 Å². The largest absolute Gasteiger partial charge is 0.352 e. The Morgan fingerprint density at radius 1 is 1.55 bits per heavy atom. The SMILES string of the molecule is CC1(C)C(=O)NCCN1c1cc([N+](=O)[O-])cc(NN)n1. The second kappa shape index (κ2) is 4.93. The van der Waals surface area contributed by atoms with Gasteiger partial charge < -0.3 is 15.6 Å². The van der Waals surface area contributed by atoms with Crippen molar-refractivity contribution in [2.75, 3.05) is 23.4 Å². The van der Waals surface area contributed by atoms with Crippen LogP contribution in [0.2, 0.25) is 0 Å². The smallest absolute Gasteiger partial charge is 0.276 e. The van der Waals surface area contributed by atoms with E-state index < -0.39 is 10.5 Å². The van der Waals surface area contributed by atoms with Gasteiger partial charge in [0.1, 0.15) is 17.2 Å². The van der Waals surface area contributed by atoms with Gasteiger partial charge in [-0.15, -0.1) is 0 Å². The summed E-state index contributed by atoms with van der Waals surface area (Å²) in [6.07, 6.45) is 0. The molecule has 0 unspecified atom stereocenters. The van der Waals surface area contributed by atoms with Gasteiger partial charge in [-0.2, -0.15) is 0 Å². The van der Waals surface area contributed by atoms with Crippen LogP contribution in [0.4, 0.5) is 17.3 Å². The summed E-state index contributed by atoms with van der Waals surface area (Å²) in [5.41, 5.74) is 1.32. The highest BCUT2D eigenvalue weighted by atomic mass is 16.6. The summed E-state index contributed by atoms with van der Waals surface area (Å²) in [5, 5.41) is 13.7. The summed E-state index contributed by atoms with van der Waals surface area (Å²) in [5.74, 6) is 5.64. The van der Waals surface area contributed by atoms with Crippen molar-refractivity contribution in [1.82, 2.24) is 10.3 Å². The minimum atomic E-state index is -0.841. The number of hydrogen-bond donors (Lipinski definition) is 3. The normalized spacial score (nSPS) is 17.6. The molecule has 0 bridgehead atoms. The minimum Gasteiger partial charge on any atom is -0.352 e. The Labute approximate surface area is 115 Å². The standard InChI is InChI=1S/C11H16N6O3/c1-11(2)10(18)13-3-4-16(11)9-6-7(17(19)20)5-8(14-9)15-12/h5-6H,3-4,12H2,1-2H3,(H,13,18)(H,14,15). The van der Waals surface area contributed by atoms with E-state index in [0.29, 0.717) is 18.9 Å². The van der Waals surface area contributed by atoms with Crippen LogP contribution in [0.5, 0.6) is 0 Å². The molecule has 4 N–H and O–H groups in total. The highest BCUT2D eigenvalue weighted by Crippen LogP contribution is 2.29. The number of nitrogens with zero attached hydrogens (tertiary/aromatic N) is 3. The lowest BCUT2D eigenvalue weighted by Gasteiger charge is -2.41. The lowest BCUT2D eigenvalue weighted by Crippen LogP contribution is -2.62. The first-order valence-corrected chi connectivity index (χ1v) is 6.05. The Kier molecular flexibility index (Phi) is 3.45. The second-order valence-corrected chi connectivity index (χ2v) is 4.94. The number of piperazine rings is 1. The molecule has 0 radical (unpaired) electrons. The molecule has 1 aromatic rings. The number of carbonyl (C=O) groups excluding carboxylic acids is 1. The minimum absolute atomic E-state index is 0.135. The summed E-state index contributed by atoms with van der Waals surface area (Å²) in [6, 6.07) is 2.57. The van der Waals surface area contributed by atoms with E-state index in [1.165, 1.54) is 12.1 Å². The van der Waals surface area contributed by atoms with Gasteiger partial charge in [-0.3, -0.25) is 14.9 Å². The Bertz CT molecular complexity index is 559. The first-order chi connectivity index (χ1) is 9.36. The molecule has 0 spiro atoms. The molecule has 0 atom stereocenters. The Hall–Kier alpha value is -2.42. The van der Waals surface area contributed by atoms with Crippen LogP contribution in [0.15, 0.2) is 12.1 Å². The highest BCUT2D eigenvalue weighted by Gasteiger charge is 2.39. The summed E-state index contributed by atoms with van der Waals surface area (Å²) in [7, 11) is 0. The zero-order valence-electron chi connectivity index (χ0n) is 11.2. The molecule has 1 saturated heterocycles. The topological polar surface area (TPSA) is 126 Å². The Balaban J connectivity index is 2.48. The van der Waals surface area contributed by atoms with Gasteiger partial charge in [0.25, 0.3) is 5.69 Å². The van der Waals surface area contributed by atoms with Gasteiger partial charge in [0, 0.05) is 13.1 Å². The van der Waals surface area contributed by atoms with Crippen molar-refractivity contribution in [3.05, 3.63) is 22.2 Å². The number of amides is 1. The maximum absolute atomic E-state index is 11.9. The van der Waals surface area contributed by atoms with E-state index in [4.69, 9.17) is 5.84 Å². The van der Waals surface area contributed by atoms with E-state index in [0.717, 1.165) is 0 Å². The van der Waals surface area contributed by atoms with Crippen molar-refractivity contribution in [3.8, 4) is 0 Å². The molecule has 1 aliphatic rings. The Morgan fingerprint density at radius 3 is 2.85 bits per heavy atom. The molecule has 0 aliphatic carbocycles. The number of hydrogen-bond acceptors (Lipinski definition) is 7. The fraction of sp³-hybridized carbons (Fsp3) is 0.455. The summed E-state index contributed by atoms with van der Waals surface area (Å²) >= 11 is 0. The van der Waals surface area contributed by atoms with E-state index in [2.05, 4.69) is 15.7 Å². The van der Waals surface area contributed by atoms with Crippen LogP contribution in [0.3, 0.4) is 0 Å². The fourth-order valence-corrected chi connectivity index (χ4v) is 2.12. The van der Waals surface area contributed by atoms with Crippen LogP contribution < -0.4 is 21.5 Å². The molecule has 1 aliphatic heterocycles. The molecule has 0 saturated carbocycles.